The summed E-state index contributed by atoms with van der Waals surface area (Å²) in [5.74, 6) is -0.557. The molecule has 0 amide bonds. The minimum absolute atomic E-state index is 0.200. The summed E-state index contributed by atoms with van der Waals surface area (Å²) in [5.41, 5.74) is 3.44. The van der Waals surface area contributed by atoms with E-state index in [1.54, 1.807) is 7.05 Å². The molecule has 0 saturated heterocycles. The normalized spacial score (nSPS) is 10.9. The van der Waals surface area contributed by atoms with Crippen molar-refractivity contribution in [3.8, 4) is 0 Å². The van der Waals surface area contributed by atoms with E-state index in [1.165, 1.54) is 11.7 Å². The van der Waals surface area contributed by atoms with Gasteiger partial charge in [-0.3, -0.25) is 9.36 Å². The lowest BCUT2D eigenvalue weighted by Crippen LogP contribution is -2.08. The molecule has 0 fully saturated rings. The maximum absolute atomic E-state index is 11.5. The molecule has 102 valence electrons. The molecule has 0 radical (unpaired) electrons. The van der Waals surface area contributed by atoms with Gasteiger partial charge in [-0.15, -0.1) is 0 Å². The quantitative estimate of drug-likeness (QED) is 0.791. The molecule has 0 saturated carbocycles. The van der Waals surface area contributed by atoms with Crippen LogP contribution in [0.2, 0.25) is 0 Å². The molecule has 1 heterocycles. The fourth-order valence-electron chi connectivity index (χ4n) is 2.15. The molecular weight excluding hydrogens is 246 g/mol. The Morgan fingerprint density at radius 1 is 1.42 bits per heavy atom. The summed E-state index contributed by atoms with van der Waals surface area (Å²) in [6, 6.07) is 3.92. The van der Waals surface area contributed by atoms with Crippen LogP contribution in [0.1, 0.15) is 24.0 Å². The van der Waals surface area contributed by atoms with Crippen LogP contribution in [0, 0.1) is 6.92 Å². The highest BCUT2D eigenvalue weighted by Gasteiger charge is 2.10. The molecule has 0 aliphatic heterocycles. The minimum atomic E-state index is -0.357. The highest BCUT2D eigenvalue weighted by molar-refractivity contribution is 5.77. The predicted molar refractivity (Wildman–Crippen MR) is 71.1 cm³/mol. The molecule has 0 aliphatic rings. The van der Waals surface area contributed by atoms with Crippen LogP contribution in [0.25, 0.3) is 11.1 Å². The van der Waals surface area contributed by atoms with E-state index in [0.717, 1.165) is 29.5 Å². The first-order valence-corrected chi connectivity index (χ1v) is 6.19. The summed E-state index contributed by atoms with van der Waals surface area (Å²) in [6.07, 6.45) is 1.90. The second-order valence-corrected chi connectivity index (χ2v) is 4.62. The largest absolute Gasteiger partial charge is 0.469 e. The maximum Gasteiger partial charge on any atom is 0.419 e. The standard InChI is InChI=1S/C14H17NO4/c1-9-7-10(5-4-6-12(16)18-3)8-11-13(9)19-14(17)15(11)2/h7-8H,4-6H2,1-3H3. The van der Waals surface area contributed by atoms with E-state index < -0.39 is 0 Å². The number of oxazole rings is 1. The number of aromatic nitrogens is 1. The number of ether oxygens (including phenoxy) is 1. The number of hydrogen-bond acceptors (Lipinski definition) is 4. The van der Waals surface area contributed by atoms with E-state index in [2.05, 4.69) is 4.74 Å². The molecular formula is C14H17NO4. The Kier molecular flexibility index (Phi) is 3.74. The van der Waals surface area contributed by atoms with Crippen LogP contribution in [0.5, 0.6) is 0 Å². The second-order valence-electron chi connectivity index (χ2n) is 4.62. The van der Waals surface area contributed by atoms with Crippen LogP contribution < -0.4 is 5.76 Å². The van der Waals surface area contributed by atoms with Crippen LogP contribution in [0.4, 0.5) is 0 Å². The molecule has 0 bridgehead atoms. The first-order chi connectivity index (χ1) is 9.02. The number of nitrogens with zero attached hydrogens (tertiary/aromatic N) is 1. The molecule has 1 aromatic heterocycles. The highest BCUT2D eigenvalue weighted by Crippen LogP contribution is 2.20. The predicted octanol–water partition coefficient (Wildman–Crippen LogP) is 1.94. The topological polar surface area (TPSA) is 61.4 Å². The average Bonchev–Trinajstić information content (AvgIpc) is 2.67. The zero-order chi connectivity index (χ0) is 14.0. The van der Waals surface area contributed by atoms with Crippen LogP contribution in [0.15, 0.2) is 21.3 Å². The van der Waals surface area contributed by atoms with Crippen LogP contribution in [0.3, 0.4) is 0 Å². The van der Waals surface area contributed by atoms with Gasteiger partial charge in [-0.05, 0) is 37.0 Å². The van der Waals surface area contributed by atoms with Crippen molar-refractivity contribution in [2.24, 2.45) is 7.05 Å². The molecule has 5 nitrogen and oxygen atoms in total. The Labute approximate surface area is 110 Å². The van der Waals surface area contributed by atoms with Crippen LogP contribution in [-0.4, -0.2) is 17.6 Å². The van der Waals surface area contributed by atoms with Crippen molar-refractivity contribution < 1.29 is 13.9 Å². The Bertz CT molecular complexity index is 666. The molecule has 0 atom stereocenters. The lowest BCUT2D eigenvalue weighted by atomic mass is 10.0. The third-order valence-corrected chi connectivity index (χ3v) is 3.21. The van der Waals surface area contributed by atoms with Crippen LogP contribution in [-0.2, 0) is 23.0 Å². The summed E-state index contributed by atoms with van der Waals surface area (Å²) in [6.45, 7) is 1.91. The van der Waals surface area contributed by atoms with Gasteiger partial charge >= 0.3 is 11.7 Å². The third-order valence-electron chi connectivity index (χ3n) is 3.21. The van der Waals surface area contributed by atoms with E-state index in [0.29, 0.717) is 12.0 Å². The Morgan fingerprint density at radius 3 is 2.84 bits per heavy atom. The molecule has 19 heavy (non-hydrogen) atoms. The Hall–Kier alpha value is -2.04. The lowest BCUT2D eigenvalue weighted by Gasteiger charge is -2.04. The molecule has 5 heteroatoms. The zero-order valence-electron chi connectivity index (χ0n) is 11.4. The number of esters is 1. The van der Waals surface area contributed by atoms with Gasteiger partial charge in [-0.2, -0.15) is 0 Å². The molecule has 0 aliphatic carbocycles. The van der Waals surface area contributed by atoms with Gasteiger partial charge in [0.15, 0.2) is 5.58 Å². The van der Waals surface area contributed by atoms with Gasteiger partial charge in [0.1, 0.15) is 0 Å². The SMILES string of the molecule is COC(=O)CCCc1cc(C)c2oc(=O)n(C)c2c1. The molecule has 2 rings (SSSR count). The number of fused-ring (bicyclic) bond motifs is 1. The van der Waals surface area contributed by atoms with E-state index in [1.807, 2.05) is 19.1 Å². The van der Waals surface area contributed by atoms with E-state index in [4.69, 9.17) is 4.42 Å². The average molecular weight is 263 g/mol. The van der Waals surface area contributed by atoms with Crippen molar-refractivity contribution >= 4 is 17.1 Å². The van der Waals surface area contributed by atoms with Crippen LogP contribution >= 0.6 is 0 Å². The van der Waals surface area contributed by atoms with Crippen molar-refractivity contribution in [2.75, 3.05) is 7.11 Å². The van der Waals surface area contributed by atoms with E-state index in [9.17, 15) is 9.59 Å². The lowest BCUT2D eigenvalue weighted by molar-refractivity contribution is -0.140. The maximum atomic E-state index is 11.5. The van der Waals surface area contributed by atoms with Crippen molar-refractivity contribution in [1.82, 2.24) is 4.57 Å². The van der Waals surface area contributed by atoms with E-state index in [-0.39, 0.29) is 11.7 Å². The smallest absolute Gasteiger partial charge is 0.419 e. The number of benzene rings is 1. The highest BCUT2D eigenvalue weighted by atomic mass is 16.5. The minimum Gasteiger partial charge on any atom is -0.469 e. The monoisotopic (exact) mass is 263 g/mol. The first-order valence-electron chi connectivity index (χ1n) is 6.19. The Balaban J connectivity index is 2.23. The third kappa shape index (κ3) is 2.70. The molecule has 1 aromatic carbocycles. The number of carbonyl (C=O) groups is 1. The summed E-state index contributed by atoms with van der Waals surface area (Å²) in [5, 5.41) is 0. The van der Waals surface area contributed by atoms with Crippen molar-refractivity contribution in [1.29, 1.82) is 0 Å². The van der Waals surface area contributed by atoms with Gasteiger partial charge < -0.3 is 9.15 Å². The molecule has 0 N–H and O–H groups in total. The summed E-state index contributed by atoms with van der Waals surface area (Å²) in [4.78, 5) is 22.5. The number of hydrogen-bond donors (Lipinski definition) is 0. The van der Waals surface area contributed by atoms with Crippen molar-refractivity contribution in [3.05, 3.63) is 33.8 Å². The number of aryl methyl sites for hydroxylation is 3. The van der Waals surface area contributed by atoms with Gasteiger partial charge in [0, 0.05) is 13.5 Å². The summed E-state index contributed by atoms with van der Waals surface area (Å²) >= 11 is 0. The zero-order valence-corrected chi connectivity index (χ0v) is 11.4. The van der Waals surface area contributed by atoms with Gasteiger partial charge in [-0.25, -0.2) is 4.79 Å². The van der Waals surface area contributed by atoms with Gasteiger partial charge in [0.25, 0.3) is 0 Å². The van der Waals surface area contributed by atoms with Crippen molar-refractivity contribution in [2.45, 2.75) is 26.2 Å². The second kappa shape index (κ2) is 5.30. The number of carbonyl (C=O) groups excluding carboxylic acids is 1. The van der Waals surface area contributed by atoms with Gasteiger partial charge in [0.2, 0.25) is 0 Å². The van der Waals surface area contributed by atoms with E-state index >= 15 is 0 Å². The number of methoxy groups -OCH3 is 1. The van der Waals surface area contributed by atoms with Crippen molar-refractivity contribution in [3.63, 3.8) is 0 Å². The summed E-state index contributed by atoms with van der Waals surface area (Å²) in [7, 11) is 3.08. The fourth-order valence-corrected chi connectivity index (χ4v) is 2.15. The van der Waals surface area contributed by atoms with Gasteiger partial charge in [0.05, 0.1) is 12.6 Å². The molecule has 0 spiro atoms. The van der Waals surface area contributed by atoms with Gasteiger partial charge in [-0.1, -0.05) is 6.07 Å². The first kappa shape index (κ1) is 13.4. The Morgan fingerprint density at radius 2 is 2.16 bits per heavy atom. The fraction of sp³-hybridized carbons (Fsp3) is 0.429. The summed E-state index contributed by atoms with van der Waals surface area (Å²) < 4.78 is 11.3. The number of rotatable bonds is 4. The molecule has 0 unspecified atom stereocenters. The molecule has 2 aromatic rings.